The molecular formula is C12H23NO5. The molecule has 1 aliphatic heterocycles. The second-order valence-electron chi connectivity index (χ2n) is 5.85. The molecule has 1 heterocycles. The molecule has 6 heteroatoms. The van der Waals surface area contributed by atoms with Crippen molar-refractivity contribution in [1.29, 1.82) is 0 Å². The number of nitrogens with one attached hydrogen (secondary N) is 1. The third kappa shape index (κ3) is 3.20. The minimum absolute atomic E-state index is 0.299. The van der Waals surface area contributed by atoms with Gasteiger partial charge in [0.2, 0.25) is 5.91 Å². The van der Waals surface area contributed by atoms with Gasteiger partial charge in [-0.1, -0.05) is 20.8 Å². The Morgan fingerprint density at radius 2 is 1.83 bits per heavy atom. The number of carbonyl (C=O) groups excluding carboxylic acids is 1. The van der Waals surface area contributed by atoms with E-state index in [0.29, 0.717) is 0 Å². The van der Waals surface area contributed by atoms with E-state index in [9.17, 15) is 15.0 Å². The maximum Gasteiger partial charge on any atom is 0.217 e. The Balaban J connectivity index is 2.98. The third-order valence-electron chi connectivity index (χ3n) is 3.15. The lowest BCUT2D eigenvalue weighted by atomic mass is 9.78. The molecule has 106 valence electrons. The fourth-order valence-electron chi connectivity index (χ4n) is 2.25. The Labute approximate surface area is 107 Å². The van der Waals surface area contributed by atoms with Crippen molar-refractivity contribution in [2.24, 2.45) is 5.41 Å². The maximum absolute atomic E-state index is 11.2. The highest BCUT2D eigenvalue weighted by Gasteiger charge is 2.48. The summed E-state index contributed by atoms with van der Waals surface area (Å²) in [5.74, 6) is -0.299. The summed E-state index contributed by atoms with van der Waals surface area (Å²) in [7, 11) is 0. The lowest BCUT2D eigenvalue weighted by Crippen LogP contribution is -2.66. The lowest BCUT2D eigenvalue weighted by molar-refractivity contribution is -0.216. The van der Waals surface area contributed by atoms with Crippen LogP contribution in [0.4, 0.5) is 0 Å². The van der Waals surface area contributed by atoms with Gasteiger partial charge in [-0.05, 0) is 5.41 Å². The van der Waals surface area contributed by atoms with Crippen LogP contribution in [-0.4, -0.2) is 58.3 Å². The van der Waals surface area contributed by atoms with Crippen molar-refractivity contribution in [1.82, 2.24) is 5.32 Å². The van der Waals surface area contributed by atoms with Crippen LogP contribution in [0, 0.1) is 5.41 Å². The number of hydrogen-bond acceptors (Lipinski definition) is 5. The van der Waals surface area contributed by atoms with Crippen molar-refractivity contribution in [2.75, 3.05) is 6.61 Å². The molecule has 3 unspecified atom stereocenters. The number of amides is 1. The monoisotopic (exact) mass is 261 g/mol. The number of aliphatic hydroxyl groups excluding tert-OH is 3. The summed E-state index contributed by atoms with van der Waals surface area (Å²) >= 11 is 0. The van der Waals surface area contributed by atoms with Gasteiger partial charge in [0.1, 0.15) is 18.3 Å². The predicted octanol–water partition coefficient (Wildman–Crippen LogP) is -0.981. The van der Waals surface area contributed by atoms with Crippen molar-refractivity contribution < 1.29 is 24.9 Å². The van der Waals surface area contributed by atoms with E-state index < -0.39 is 30.5 Å². The van der Waals surface area contributed by atoms with Gasteiger partial charge in [-0.3, -0.25) is 4.79 Å². The van der Waals surface area contributed by atoms with E-state index in [1.165, 1.54) is 6.92 Å². The van der Waals surface area contributed by atoms with Gasteiger partial charge in [-0.15, -0.1) is 0 Å². The van der Waals surface area contributed by atoms with Crippen molar-refractivity contribution in [2.45, 2.75) is 58.2 Å². The zero-order valence-electron chi connectivity index (χ0n) is 11.3. The zero-order chi connectivity index (χ0) is 14.1. The first-order chi connectivity index (χ1) is 8.18. The molecular weight excluding hydrogens is 238 g/mol. The summed E-state index contributed by atoms with van der Waals surface area (Å²) in [5, 5.41) is 31.6. The molecule has 4 N–H and O–H groups in total. The van der Waals surface area contributed by atoms with E-state index in [-0.39, 0.29) is 17.9 Å². The SMILES string of the molecule is CC(=O)NC1C(C(C)(C)C)OC(CO)[C@H](O)[C@@H]1O. The third-order valence-corrected chi connectivity index (χ3v) is 3.15. The Bertz CT molecular complexity index is 301. The summed E-state index contributed by atoms with van der Waals surface area (Å²) < 4.78 is 5.62. The molecule has 1 aliphatic rings. The molecule has 0 spiro atoms. The largest absolute Gasteiger partial charge is 0.394 e. The van der Waals surface area contributed by atoms with Crippen LogP contribution in [0.1, 0.15) is 27.7 Å². The minimum atomic E-state index is -1.22. The topological polar surface area (TPSA) is 99.0 Å². The van der Waals surface area contributed by atoms with Crippen LogP contribution in [-0.2, 0) is 9.53 Å². The Morgan fingerprint density at radius 3 is 2.22 bits per heavy atom. The molecule has 0 aliphatic carbocycles. The van der Waals surface area contributed by atoms with Crippen LogP contribution >= 0.6 is 0 Å². The molecule has 0 aromatic carbocycles. The smallest absolute Gasteiger partial charge is 0.217 e. The highest BCUT2D eigenvalue weighted by atomic mass is 16.5. The normalized spacial score (nSPS) is 37.4. The highest BCUT2D eigenvalue weighted by molar-refractivity contribution is 5.73. The molecule has 5 atom stereocenters. The van der Waals surface area contributed by atoms with Crippen LogP contribution in [0.25, 0.3) is 0 Å². The van der Waals surface area contributed by atoms with E-state index in [2.05, 4.69) is 5.32 Å². The first-order valence-electron chi connectivity index (χ1n) is 6.08. The first-order valence-corrected chi connectivity index (χ1v) is 6.08. The van der Waals surface area contributed by atoms with E-state index in [1.807, 2.05) is 20.8 Å². The van der Waals surface area contributed by atoms with E-state index >= 15 is 0 Å². The van der Waals surface area contributed by atoms with Crippen LogP contribution < -0.4 is 5.32 Å². The van der Waals surface area contributed by atoms with E-state index in [0.717, 1.165) is 0 Å². The summed E-state index contributed by atoms with van der Waals surface area (Å²) in [4.78, 5) is 11.2. The van der Waals surface area contributed by atoms with Crippen LogP contribution in [0.5, 0.6) is 0 Å². The molecule has 0 saturated carbocycles. The summed E-state index contributed by atoms with van der Waals surface area (Å²) in [6.07, 6.45) is -3.71. The fourth-order valence-corrected chi connectivity index (χ4v) is 2.25. The molecule has 18 heavy (non-hydrogen) atoms. The Morgan fingerprint density at radius 1 is 1.28 bits per heavy atom. The second kappa shape index (κ2) is 5.52. The number of aliphatic hydroxyl groups is 3. The van der Waals surface area contributed by atoms with Gasteiger partial charge < -0.3 is 25.4 Å². The molecule has 1 saturated heterocycles. The molecule has 0 bridgehead atoms. The van der Waals surface area contributed by atoms with Gasteiger partial charge in [-0.25, -0.2) is 0 Å². The highest BCUT2D eigenvalue weighted by Crippen LogP contribution is 2.32. The van der Waals surface area contributed by atoms with Crippen molar-refractivity contribution in [3.63, 3.8) is 0 Å². The average Bonchev–Trinajstić information content (AvgIpc) is 2.23. The molecule has 1 fully saturated rings. The second-order valence-corrected chi connectivity index (χ2v) is 5.85. The van der Waals surface area contributed by atoms with Crippen LogP contribution in [0.3, 0.4) is 0 Å². The fraction of sp³-hybridized carbons (Fsp3) is 0.917. The lowest BCUT2D eigenvalue weighted by Gasteiger charge is -2.47. The van der Waals surface area contributed by atoms with Gasteiger partial charge in [0.25, 0.3) is 0 Å². The molecule has 0 radical (unpaired) electrons. The molecule has 6 nitrogen and oxygen atoms in total. The van der Waals surface area contributed by atoms with Crippen molar-refractivity contribution in [3.05, 3.63) is 0 Å². The first kappa shape index (κ1) is 15.4. The molecule has 0 aromatic rings. The van der Waals surface area contributed by atoms with Crippen molar-refractivity contribution >= 4 is 5.91 Å². The maximum atomic E-state index is 11.2. The van der Waals surface area contributed by atoms with Gasteiger partial charge >= 0.3 is 0 Å². The summed E-state index contributed by atoms with van der Waals surface area (Å²) in [6.45, 7) is 6.69. The number of rotatable bonds is 2. The summed E-state index contributed by atoms with van der Waals surface area (Å²) in [5.41, 5.74) is -0.346. The van der Waals surface area contributed by atoms with Crippen LogP contribution in [0.2, 0.25) is 0 Å². The Kier molecular flexibility index (Phi) is 4.72. The van der Waals surface area contributed by atoms with E-state index in [1.54, 1.807) is 0 Å². The Hall–Kier alpha value is -0.690. The number of hydrogen-bond donors (Lipinski definition) is 4. The number of carbonyl (C=O) groups is 1. The standard InChI is InChI=1S/C12H23NO5/c1-6(15)13-8-10(17)9(16)7(5-14)18-11(8)12(2,3)4/h7-11,14,16-17H,5H2,1-4H3,(H,13,15)/t7?,8?,9-,10+,11?/m0/s1. The number of ether oxygens (including phenoxy) is 1. The van der Waals surface area contributed by atoms with Crippen molar-refractivity contribution in [3.8, 4) is 0 Å². The summed E-state index contributed by atoms with van der Waals surface area (Å²) in [6, 6.07) is -0.694. The zero-order valence-corrected chi connectivity index (χ0v) is 11.3. The average molecular weight is 261 g/mol. The van der Waals surface area contributed by atoms with Gasteiger partial charge in [0.05, 0.1) is 18.8 Å². The quantitative estimate of drug-likeness (QED) is 0.512. The molecule has 1 amide bonds. The van der Waals surface area contributed by atoms with Gasteiger partial charge in [-0.2, -0.15) is 0 Å². The molecule has 0 aromatic heterocycles. The predicted molar refractivity (Wildman–Crippen MR) is 64.8 cm³/mol. The van der Waals surface area contributed by atoms with Crippen LogP contribution in [0.15, 0.2) is 0 Å². The minimum Gasteiger partial charge on any atom is -0.394 e. The van der Waals surface area contributed by atoms with Gasteiger partial charge in [0, 0.05) is 6.92 Å². The van der Waals surface area contributed by atoms with Gasteiger partial charge in [0.15, 0.2) is 0 Å². The molecule has 1 rings (SSSR count). The van der Waals surface area contributed by atoms with E-state index in [4.69, 9.17) is 9.84 Å².